The van der Waals surface area contributed by atoms with Gasteiger partial charge in [0.25, 0.3) is 0 Å². The molecule has 1 fully saturated rings. The first kappa shape index (κ1) is 23.3. The second kappa shape index (κ2) is 9.78. The van der Waals surface area contributed by atoms with Gasteiger partial charge >= 0.3 is 0 Å². The summed E-state index contributed by atoms with van der Waals surface area (Å²) < 4.78 is 0. The number of nitrogens with one attached hydrogen (secondary N) is 3. The zero-order valence-corrected chi connectivity index (χ0v) is 22.1. The van der Waals surface area contributed by atoms with Crippen LogP contribution in [-0.2, 0) is 6.54 Å². The van der Waals surface area contributed by atoms with E-state index in [-0.39, 0.29) is 0 Å². The average molecular weight is 520 g/mol. The third-order valence-electron chi connectivity index (χ3n) is 7.58. The summed E-state index contributed by atoms with van der Waals surface area (Å²) in [6.07, 6.45) is 15.0. The SMILES string of the molecule is Cc1ccc(-c2cncc3[nH]c(-c4n[nH]c5cnc(-c6cncc(CNCC7CCCC7)c6)cc45)cc23)s1. The normalized spacial score (nSPS) is 14.2. The van der Waals surface area contributed by atoms with E-state index in [1.807, 2.05) is 31.0 Å². The Morgan fingerprint density at radius 3 is 2.71 bits per heavy atom. The van der Waals surface area contributed by atoms with Crippen molar-refractivity contribution in [1.29, 1.82) is 0 Å². The van der Waals surface area contributed by atoms with Gasteiger partial charge in [0, 0.05) is 56.8 Å². The molecule has 6 aromatic heterocycles. The van der Waals surface area contributed by atoms with E-state index in [2.05, 4.69) is 67.7 Å². The maximum absolute atomic E-state index is 4.72. The Morgan fingerprint density at radius 1 is 0.947 bits per heavy atom. The van der Waals surface area contributed by atoms with Gasteiger partial charge in [0.15, 0.2) is 0 Å². The number of fused-ring (bicyclic) bond motifs is 2. The van der Waals surface area contributed by atoms with Crippen molar-refractivity contribution in [3.8, 4) is 33.1 Å². The minimum absolute atomic E-state index is 0.820. The summed E-state index contributed by atoms with van der Waals surface area (Å²) >= 11 is 1.78. The Balaban J connectivity index is 1.20. The molecule has 0 spiro atoms. The van der Waals surface area contributed by atoms with E-state index < -0.39 is 0 Å². The molecule has 6 aromatic rings. The van der Waals surface area contributed by atoms with Gasteiger partial charge in [-0.15, -0.1) is 11.3 Å². The zero-order chi connectivity index (χ0) is 25.5. The third kappa shape index (κ3) is 4.40. The van der Waals surface area contributed by atoms with E-state index in [1.54, 1.807) is 11.3 Å². The fourth-order valence-corrected chi connectivity index (χ4v) is 6.49. The van der Waals surface area contributed by atoms with Crippen LogP contribution < -0.4 is 5.32 Å². The predicted octanol–water partition coefficient (Wildman–Crippen LogP) is 6.88. The molecule has 7 nitrogen and oxygen atoms in total. The number of hydrogen-bond acceptors (Lipinski definition) is 6. The number of aromatic nitrogens is 6. The molecule has 0 saturated heterocycles. The predicted molar refractivity (Wildman–Crippen MR) is 154 cm³/mol. The molecule has 0 atom stereocenters. The second-order valence-electron chi connectivity index (χ2n) is 10.3. The van der Waals surface area contributed by atoms with Crippen molar-refractivity contribution in [2.24, 2.45) is 5.92 Å². The van der Waals surface area contributed by atoms with Crippen molar-refractivity contribution in [3.05, 3.63) is 71.8 Å². The van der Waals surface area contributed by atoms with Crippen LogP contribution in [0.1, 0.15) is 36.1 Å². The quantitative estimate of drug-likeness (QED) is 0.214. The van der Waals surface area contributed by atoms with Crippen LogP contribution in [-0.4, -0.2) is 36.7 Å². The number of nitrogens with zero attached hydrogens (tertiary/aromatic N) is 4. The van der Waals surface area contributed by atoms with Crippen molar-refractivity contribution in [1.82, 2.24) is 35.5 Å². The summed E-state index contributed by atoms with van der Waals surface area (Å²) in [5.74, 6) is 0.820. The van der Waals surface area contributed by atoms with Crippen molar-refractivity contribution < 1.29 is 0 Å². The topological polar surface area (TPSA) is 95.2 Å². The lowest BCUT2D eigenvalue weighted by atomic mass is 10.1. The highest BCUT2D eigenvalue weighted by atomic mass is 32.1. The highest BCUT2D eigenvalue weighted by Gasteiger charge is 2.17. The summed E-state index contributed by atoms with van der Waals surface area (Å²) in [5, 5.41) is 13.6. The molecule has 1 aliphatic rings. The number of aryl methyl sites for hydroxylation is 1. The molecule has 0 aliphatic heterocycles. The number of pyridine rings is 3. The molecule has 8 heteroatoms. The zero-order valence-electron chi connectivity index (χ0n) is 21.3. The number of H-pyrrole nitrogens is 2. The van der Waals surface area contributed by atoms with Crippen LogP contribution in [0.3, 0.4) is 0 Å². The molecule has 0 aromatic carbocycles. The van der Waals surface area contributed by atoms with E-state index in [0.717, 1.165) is 69.0 Å². The Morgan fingerprint density at radius 2 is 1.84 bits per heavy atom. The molecule has 190 valence electrons. The smallest absolute Gasteiger partial charge is 0.116 e. The molecule has 0 amide bonds. The van der Waals surface area contributed by atoms with Crippen molar-refractivity contribution in [3.63, 3.8) is 0 Å². The maximum Gasteiger partial charge on any atom is 0.116 e. The lowest BCUT2D eigenvalue weighted by Crippen LogP contribution is -2.20. The summed E-state index contributed by atoms with van der Waals surface area (Å²) in [4.78, 5) is 19.8. The molecule has 0 unspecified atom stereocenters. The summed E-state index contributed by atoms with van der Waals surface area (Å²) in [5.41, 5.74) is 7.93. The Labute approximate surface area is 224 Å². The van der Waals surface area contributed by atoms with Gasteiger partial charge in [-0.3, -0.25) is 20.1 Å². The minimum Gasteiger partial charge on any atom is -0.352 e. The molecule has 3 N–H and O–H groups in total. The van der Waals surface area contributed by atoms with Crippen LogP contribution in [0, 0.1) is 12.8 Å². The Bertz CT molecular complexity index is 1740. The van der Waals surface area contributed by atoms with Crippen molar-refractivity contribution in [2.45, 2.75) is 39.2 Å². The molecule has 1 aliphatic carbocycles. The van der Waals surface area contributed by atoms with Crippen LogP contribution in [0.2, 0.25) is 0 Å². The molecule has 0 radical (unpaired) electrons. The first-order valence-corrected chi connectivity index (χ1v) is 14.1. The first-order valence-electron chi connectivity index (χ1n) is 13.2. The van der Waals surface area contributed by atoms with Gasteiger partial charge in [-0.25, -0.2) is 0 Å². The number of aromatic amines is 2. The highest BCUT2D eigenvalue weighted by Crippen LogP contribution is 2.36. The fourth-order valence-electron chi connectivity index (χ4n) is 5.59. The average Bonchev–Trinajstić information content (AvgIpc) is 3.74. The molecule has 0 bridgehead atoms. The van der Waals surface area contributed by atoms with E-state index in [4.69, 9.17) is 4.98 Å². The lowest BCUT2D eigenvalue weighted by molar-refractivity contribution is 0.489. The summed E-state index contributed by atoms with van der Waals surface area (Å²) in [6, 6.07) is 10.8. The van der Waals surface area contributed by atoms with Gasteiger partial charge in [-0.05, 0) is 68.1 Å². The lowest BCUT2D eigenvalue weighted by Gasteiger charge is -2.11. The van der Waals surface area contributed by atoms with Crippen LogP contribution in [0.15, 0.2) is 61.3 Å². The van der Waals surface area contributed by atoms with E-state index in [1.165, 1.54) is 41.0 Å². The van der Waals surface area contributed by atoms with Gasteiger partial charge in [-0.2, -0.15) is 5.10 Å². The van der Waals surface area contributed by atoms with Crippen LogP contribution >= 0.6 is 11.3 Å². The summed E-state index contributed by atoms with van der Waals surface area (Å²) in [7, 11) is 0. The molecule has 7 rings (SSSR count). The van der Waals surface area contributed by atoms with Crippen LogP contribution in [0.25, 0.3) is 54.9 Å². The number of thiophene rings is 1. The van der Waals surface area contributed by atoms with Gasteiger partial charge in [0.05, 0.1) is 34.8 Å². The molecule has 38 heavy (non-hydrogen) atoms. The van der Waals surface area contributed by atoms with Gasteiger partial charge in [-0.1, -0.05) is 12.8 Å². The minimum atomic E-state index is 0.820. The van der Waals surface area contributed by atoms with Crippen molar-refractivity contribution >= 4 is 33.1 Å². The standard InChI is InChI=1S/C30H29N7S/c1-18-6-7-29(38-18)24-15-33-16-27-22(24)9-26(35-27)30-23-10-25(34-17-28(23)36-37-30)21-8-20(13-32-14-21)12-31-11-19-4-2-3-5-19/h6-10,13-17,19,31,35H,2-5,11-12H2,1H3,(H,36,37). The number of rotatable bonds is 7. The van der Waals surface area contributed by atoms with Gasteiger partial charge in [0.1, 0.15) is 5.69 Å². The molecular weight excluding hydrogens is 490 g/mol. The first-order chi connectivity index (χ1) is 18.7. The largest absolute Gasteiger partial charge is 0.352 e. The van der Waals surface area contributed by atoms with Crippen LogP contribution in [0.4, 0.5) is 0 Å². The molecular formula is C30H29N7S. The van der Waals surface area contributed by atoms with Crippen LogP contribution in [0.5, 0.6) is 0 Å². The monoisotopic (exact) mass is 519 g/mol. The maximum atomic E-state index is 4.72. The highest BCUT2D eigenvalue weighted by molar-refractivity contribution is 7.15. The van der Waals surface area contributed by atoms with E-state index >= 15 is 0 Å². The van der Waals surface area contributed by atoms with Gasteiger partial charge in [0.2, 0.25) is 0 Å². The number of hydrogen-bond donors (Lipinski definition) is 3. The van der Waals surface area contributed by atoms with E-state index in [9.17, 15) is 0 Å². The third-order valence-corrected chi connectivity index (χ3v) is 8.62. The summed E-state index contributed by atoms with van der Waals surface area (Å²) in [6.45, 7) is 4.04. The second-order valence-corrected chi connectivity index (χ2v) is 11.6. The fraction of sp³-hybridized carbons (Fsp3) is 0.267. The van der Waals surface area contributed by atoms with Crippen molar-refractivity contribution in [2.75, 3.05) is 6.54 Å². The molecule has 1 saturated carbocycles. The Hall–Kier alpha value is -3.88. The van der Waals surface area contributed by atoms with Gasteiger partial charge < -0.3 is 10.3 Å². The van der Waals surface area contributed by atoms with E-state index in [0.29, 0.717) is 0 Å². The molecule has 6 heterocycles. The Kier molecular flexibility index (Phi) is 5.98.